The van der Waals surface area contributed by atoms with Crippen LogP contribution in [0, 0.1) is 10.1 Å². The van der Waals surface area contributed by atoms with E-state index >= 15 is 0 Å². The number of nitrogens with zero attached hydrogens (tertiary/aromatic N) is 1. The summed E-state index contributed by atoms with van der Waals surface area (Å²) in [7, 11) is 0. The van der Waals surface area contributed by atoms with Gasteiger partial charge in [-0.2, -0.15) is 0 Å². The highest BCUT2D eigenvalue weighted by atomic mass is 16.6. The van der Waals surface area contributed by atoms with E-state index in [0.29, 0.717) is 13.0 Å². The number of nitro benzene ring substituents is 1. The standard InChI is InChI=1S/C18H22N2O4/c21-17(14-24-18-7-2-1-3-8-18)6-4-5-13-19-15-9-11-16(12-10-15)20(22)23/h1-3,7-12,17,19,21H,4-6,13-14H2. The van der Waals surface area contributed by atoms with Crippen molar-refractivity contribution >= 4 is 11.4 Å². The highest BCUT2D eigenvalue weighted by Gasteiger charge is 2.06. The van der Waals surface area contributed by atoms with Crippen LogP contribution in [0.4, 0.5) is 11.4 Å². The Balaban J connectivity index is 1.56. The minimum absolute atomic E-state index is 0.0853. The summed E-state index contributed by atoms with van der Waals surface area (Å²) in [5, 5.41) is 23.7. The van der Waals surface area contributed by atoms with Gasteiger partial charge >= 0.3 is 0 Å². The van der Waals surface area contributed by atoms with Crippen LogP contribution in [-0.4, -0.2) is 29.3 Å². The van der Waals surface area contributed by atoms with Crippen LogP contribution >= 0.6 is 0 Å². The van der Waals surface area contributed by atoms with Crippen LogP contribution in [0.3, 0.4) is 0 Å². The van der Waals surface area contributed by atoms with E-state index in [4.69, 9.17) is 4.74 Å². The normalized spacial score (nSPS) is 11.7. The van der Waals surface area contributed by atoms with Crippen molar-refractivity contribution in [2.24, 2.45) is 0 Å². The van der Waals surface area contributed by atoms with E-state index in [2.05, 4.69) is 5.32 Å². The number of hydrogen-bond donors (Lipinski definition) is 2. The molecule has 0 aliphatic carbocycles. The Kier molecular flexibility index (Phi) is 7.04. The van der Waals surface area contributed by atoms with Crippen molar-refractivity contribution in [3.8, 4) is 5.75 Å². The third-order valence-electron chi connectivity index (χ3n) is 3.56. The molecule has 128 valence electrons. The Morgan fingerprint density at radius 2 is 1.79 bits per heavy atom. The van der Waals surface area contributed by atoms with Crippen LogP contribution in [0.2, 0.25) is 0 Å². The lowest BCUT2D eigenvalue weighted by Crippen LogP contribution is -2.17. The minimum atomic E-state index is -0.482. The summed E-state index contributed by atoms with van der Waals surface area (Å²) in [6.07, 6.45) is 1.97. The lowest BCUT2D eigenvalue weighted by Gasteiger charge is -2.12. The fourth-order valence-electron chi connectivity index (χ4n) is 2.23. The van der Waals surface area contributed by atoms with Gasteiger partial charge in [-0.25, -0.2) is 0 Å². The highest BCUT2D eigenvalue weighted by molar-refractivity contribution is 5.48. The van der Waals surface area contributed by atoms with E-state index in [-0.39, 0.29) is 5.69 Å². The van der Waals surface area contributed by atoms with Gasteiger partial charge in [0.2, 0.25) is 0 Å². The van der Waals surface area contributed by atoms with Crippen molar-refractivity contribution < 1.29 is 14.8 Å². The molecule has 0 aliphatic rings. The van der Waals surface area contributed by atoms with E-state index in [1.165, 1.54) is 12.1 Å². The number of nitro groups is 1. The molecule has 0 aromatic heterocycles. The molecule has 0 saturated carbocycles. The Hall–Kier alpha value is -2.60. The Morgan fingerprint density at radius 3 is 2.46 bits per heavy atom. The maximum Gasteiger partial charge on any atom is 0.269 e. The lowest BCUT2D eigenvalue weighted by molar-refractivity contribution is -0.384. The molecule has 2 N–H and O–H groups in total. The van der Waals surface area contributed by atoms with Crippen molar-refractivity contribution in [2.45, 2.75) is 25.4 Å². The molecule has 6 heteroatoms. The van der Waals surface area contributed by atoms with Gasteiger partial charge in [0, 0.05) is 24.4 Å². The predicted molar refractivity (Wildman–Crippen MR) is 93.4 cm³/mol. The summed E-state index contributed by atoms with van der Waals surface area (Å²) >= 11 is 0. The summed E-state index contributed by atoms with van der Waals surface area (Å²) in [4.78, 5) is 10.2. The molecule has 0 bridgehead atoms. The van der Waals surface area contributed by atoms with Gasteiger partial charge in [0.1, 0.15) is 12.4 Å². The average molecular weight is 330 g/mol. The van der Waals surface area contributed by atoms with Gasteiger partial charge in [-0.05, 0) is 43.5 Å². The zero-order valence-electron chi connectivity index (χ0n) is 13.4. The predicted octanol–water partition coefficient (Wildman–Crippen LogP) is 3.62. The second-order valence-corrected chi connectivity index (χ2v) is 5.50. The van der Waals surface area contributed by atoms with Crippen LogP contribution in [-0.2, 0) is 0 Å². The van der Waals surface area contributed by atoms with Gasteiger partial charge in [-0.1, -0.05) is 18.2 Å². The number of hydrogen-bond acceptors (Lipinski definition) is 5. The number of unbranched alkanes of at least 4 members (excludes halogenated alkanes) is 1. The Bertz CT molecular complexity index is 617. The molecule has 0 fully saturated rings. The molecule has 0 spiro atoms. The van der Waals surface area contributed by atoms with Crippen LogP contribution in [0.25, 0.3) is 0 Å². The quantitative estimate of drug-likeness (QED) is 0.395. The molecule has 0 amide bonds. The molecule has 2 aromatic rings. The van der Waals surface area contributed by atoms with E-state index in [9.17, 15) is 15.2 Å². The van der Waals surface area contributed by atoms with Gasteiger partial charge < -0.3 is 15.2 Å². The number of non-ortho nitro benzene ring substituents is 1. The molecule has 2 aromatic carbocycles. The van der Waals surface area contributed by atoms with Gasteiger partial charge in [0.15, 0.2) is 0 Å². The number of ether oxygens (including phenoxy) is 1. The number of rotatable bonds is 10. The Morgan fingerprint density at radius 1 is 1.08 bits per heavy atom. The second-order valence-electron chi connectivity index (χ2n) is 5.50. The van der Waals surface area contributed by atoms with Crippen LogP contribution in [0.1, 0.15) is 19.3 Å². The van der Waals surface area contributed by atoms with Gasteiger partial charge in [0.05, 0.1) is 11.0 Å². The average Bonchev–Trinajstić information content (AvgIpc) is 2.61. The first-order valence-corrected chi connectivity index (χ1v) is 7.99. The van der Waals surface area contributed by atoms with Crippen LogP contribution in [0.5, 0.6) is 5.75 Å². The van der Waals surface area contributed by atoms with Gasteiger partial charge in [-0.15, -0.1) is 0 Å². The van der Waals surface area contributed by atoms with Crippen molar-refractivity contribution in [2.75, 3.05) is 18.5 Å². The SMILES string of the molecule is O=[N+]([O-])c1ccc(NCCCCC(O)COc2ccccc2)cc1. The summed E-state index contributed by atoms with van der Waals surface area (Å²) in [5.41, 5.74) is 0.940. The van der Waals surface area contributed by atoms with Crippen molar-refractivity contribution in [1.29, 1.82) is 0 Å². The molecule has 6 nitrogen and oxygen atoms in total. The number of anilines is 1. The highest BCUT2D eigenvalue weighted by Crippen LogP contribution is 2.15. The van der Waals surface area contributed by atoms with Crippen molar-refractivity contribution in [3.05, 3.63) is 64.7 Å². The summed E-state index contributed by atoms with van der Waals surface area (Å²) < 4.78 is 5.50. The zero-order chi connectivity index (χ0) is 17.2. The largest absolute Gasteiger partial charge is 0.491 e. The lowest BCUT2D eigenvalue weighted by atomic mass is 10.1. The topological polar surface area (TPSA) is 84.6 Å². The van der Waals surface area contributed by atoms with Crippen LogP contribution in [0.15, 0.2) is 54.6 Å². The monoisotopic (exact) mass is 330 g/mol. The minimum Gasteiger partial charge on any atom is -0.491 e. The van der Waals surface area contributed by atoms with Crippen LogP contribution < -0.4 is 10.1 Å². The molecule has 0 heterocycles. The first-order valence-electron chi connectivity index (χ1n) is 7.99. The molecule has 0 aliphatic heterocycles. The summed E-state index contributed by atoms with van der Waals surface area (Å²) in [6.45, 7) is 1.05. The molecule has 0 radical (unpaired) electrons. The molecule has 24 heavy (non-hydrogen) atoms. The number of aliphatic hydroxyl groups excluding tert-OH is 1. The molecule has 2 rings (SSSR count). The number of para-hydroxylation sites is 1. The number of benzene rings is 2. The van der Waals surface area contributed by atoms with Crippen molar-refractivity contribution in [3.63, 3.8) is 0 Å². The Labute approximate surface area is 141 Å². The maximum absolute atomic E-state index is 10.6. The zero-order valence-corrected chi connectivity index (χ0v) is 13.4. The number of nitrogens with one attached hydrogen (secondary N) is 1. The molecular formula is C18H22N2O4. The van der Waals surface area contributed by atoms with Gasteiger partial charge in [0.25, 0.3) is 5.69 Å². The fraction of sp³-hybridized carbons (Fsp3) is 0.333. The molecule has 1 atom stereocenters. The van der Waals surface area contributed by atoms with Gasteiger partial charge in [-0.3, -0.25) is 10.1 Å². The first-order chi connectivity index (χ1) is 11.6. The maximum atomic E-state index is 10.6. The summed E-state index contributed by atoms with van der Waals surface area (Å²) in [5.74, 6) is 0.761. The summed E-state index contributed by atoms with van der Waals surface area (Å²) in [6, 6.07) is 15.8. The molecular weight excluding hydrogens is 308 g/mol. The third kappa shape index (κ3) is 6.26. The molecule has 1 unspecified atom stereocenters. The fourth-order valence-corrected chi connectivity index (χ4v) is 2.23. The second kappa shape index (κ2) is 9.52. The third-order valence-corrected chi connectivity index (χ3v) is 3.56. The number of aliphatic hydroxyl groups is 1. The van der Waals surface area contributed by atoms with E-state index < -0.39 is 11.0 Å². The molecule has 0 saturated heterocycles. The smallest absolute Gasteiger partial charge is 0.269 e. The first kappa shape index (κ1) is 17.7. The van der Waals surface area contributed by atoms with E-state index in [1.54, 1.807) is 12.1 Å². The van der Waals surface area contributed by atoms with E-state index in [0.717, 1.165) is 30.8 Å². The van der Waals surface area contributed by atoms with Crippen molar-refractivity contribution in [1.82, 2.24) is 0 Å². The van der Waals surface area contributed by atoms with E-state index in [1.807, 2.05) is 30.3 Å².